The molecule has 0 aromatic heterocycles. The van der Waals surface area contributed by atoms with E-state index in [0.717, 1.165) is 37.0 Å². The van der Waals surface area contributed by atoms with E-state index in [9.17, 15) is 27.2 Å². The van der Waals surface area contributed by atoms with E-state index in [0.29, 0.717) is 52.1 Å². The number of primary amides is 1. The molecule has 0 spiro atoms. The fourth-order valence-electron chi connectivity index (χ4n) is 4.29. The minimum absolute atomic E-state index is 0.0373. The number of carbonyl (C=O) groups excluding carboxylic acids is 2. The van der Waals surface area contributed by atoms with Crippen LogP contribution in [0.5, 0.6) is 0 Å². The standard InChI is InChI=1S/C26H25F4N3O3S2/c27-21-5-4-17(15-20(21)26(28,29)30)16-2-1-3-18(14-16)19(6-8-32-10-12-36-13-11-32)23-24(35)33(25(37)38-23)9-7-22(31)34/h1-5,14-15H,6-13H2,(H2,31,34)/b23-19-. The van der Waals surface area contributed by atoms with Crippen LogP contribution in [-0.4, -0.2) is 65.3 Å². The van der Waals surface area contributed by atoms with Gasteiger partial charge >= 0.3 is 6.18 Å². The Balaban J connectivity index is 1.72. The van der Waals surface area contributed by atoms with Gasteiger partial charge in [0.05, 0.1) is 23.7 Å². The lowest BCUT2D eigenvalue weighted by atomic mass is 9.95. The lowest BCUT2D eigenvalue weighted by Gasteiger charge is -2.27. The molecule has 2 heterocycles. The number of carbonyl (C=O) groups is 2. The number of morpholine rings is 1. The molecule has 202 valence electrons. The molecule has 2 amide bonds. The first kappa shape index (κ1) is 28.2. The molecule has 2 aromatic carbocycles. The normalized spacial score (nSPS) is 18.3. The van der Waals surface area contributed by atoms with Crippen molar-refractivity contribution in [3.8, 4) is 11.1 Å². The molecule has 2 N–H and O–H groups in total. The number of halogens is 4. The Bertz CT molecular complexity index is 1280. The van der Waals surface area contributed by atoms with E-state index in [1.165, 1.54) is 11.0 Å². The fourth-order valence-corrected chi connectivity index (χ4v) is 5.71. The topological polar surface area (TPSA) is 75.9 Å². The molecule has 0 atom stereocenters. The lowest BCUT2D eigenvalue weighted by molar-refractivity contribution is -0.140. The van der Waals surface area contributed by atoms with Crippen molar-refractivity contribution in [2.45, 2.75) is 19.0 Å². The fraction of sp³-hybridized carbons (Fsp3) is 0.346. The van der Waals surface area contributed by atoms with Crippen LogP contribution in [0.3, 0.4) is 0 Å². The third kappa shape index (κ3) is 6.60. The summed E-state index contributed by atoms with van der Waals surface area (Å²) in [6, 6.07) is 9.66. The van der Waals surface area contributed by atoms with E-state index in [4.69, 9.17) is 22.7 Å². The molecule has 0 saturated carbocycles. The minimum atomic E-state index is -4.83. The zero-order chi connectivity index (χ0) is 27.4. The number of benzene rings is 2. The van der Waals surface area contributed by atoms with Gasteiger partial charge in [0.15, 0.2) is 0 Å². The Kier molecular flexibility index (Phi) is 8.86. The third-order valence-corrected chi connectivity index (χ3v) is 7.79. The van der Waals surface area contributed by atoms with Gasteiger partial charge < -0.3 is 10.5 Å². The number of nitrogens with zero attached hydrogens (tertiary/aromatic N) is 2. The summed E-state index contributed by atoms with van der Waals surface area (Å²) < 4.78 is 59.5. The summed E-state index contributed by atoms with van der Waals surface area (Å²) in [7, 11) is 0. The molecule has 0 unspecified atom stereocenters. The number of rotatable bonds is 8. The van der Waals surface area contributed by atoms with E-state index in [1.807, 2.05) is 0 Å². The van der Waals surface area contributed by atoms with Crippen molar-refractivity contribution >= 4 is 45.7 Å². The van der Waals surface area contributed by atoms with Gasteiger partial charge in [0, 0.05) is 32.6 Å². The number of hydrogen-bond donors (Lipinski definition) is 1. The molecule has 12 heteroatoms. The Morgan fingerprint density at radius 2 is 1.76 bits per heavy atom. The van der Waals surface area contributed by atoms with Crippen molar-refractivity contribution in [2.75, 3.05) is 39.4 Å². The van der Waals surface area contributed by atoms with Crippen LogP contribution in [0.25, 0.3) is 16.7 Å². The number of nitrogens with two attached hydrogens (primary N) is 1. The van der Waals surface area contributed by atoms with Crippen molar-refractivity contribution < 1.29 is 31.9 Å². The number of alkyl halides is 3. The summed E-state index contributed by atoms with van der Waals surface area (Å²) >= 11 is 6.53. The summed E-state index contributed by atoms with van der Waals surface area (Å²) in [6.07, 6.45) is -4.40. The first-order valence-electron chi connectivity index (χ1n) is 11.9. The van der Waals surface area contributed by atoms with E-state index in [2.05, 4.69) is 4.90 Å². The Morgan fingerprint density at radius 3 is 2.45 bits per heavy atom. The molecule has 4 rings (SSSR count). The van der Waals surface area contributed by atoms with Gasteiger partial charge in [-0.05, 0) is 46.9 Å². The SMILES string of the molecule is NC(=O)CCN1C(=O)/C(=C(\CCN2CCOCC2)c2cccc(-c3ccc(F)c(C(F)(F)F)c3)c2)SC1=S. The van der Waals surface area contributed by atoms with Gasteiger partial charge in [-0.15, -0.1) is 0 Å². The summed E-state index contributed by atoms with van der Waals surface area (Å²) in [6.45, 7) is 3.38. The predicted molar refractivity (Wildman–Crippen MR) is 141 cm³/mol. The summed E-state index contributed by atoms with van der Waals surface area (Å²) in [5.74, 6) is -2.24. The lowest BCUT2D eigenvalue weighted by Crippen LogP contribution is -2.37. The summed E-state index contributed by atoms with van der Waals surface area (Å²) in [4.78, 5) is 28.6. The van der Waals surface area contributed by atoms with Crippen LogP contribution in [0.15, 0.2) is 47.4 Å². The van der Waals surface area contributed by atoms with Crippen molar-refractivity contribution in [2.24, 2.45) is 5.73 Å². The molecule has 2 aliphatic heterocycles. The second-order valence-electron chi connectivity index (χ2n) is 8.83. The number of thiocarbonyl (C=S) groups is 1. The number of ether oxygens (including phenoxy) is 1. The highest BCUT2D eigenvalue weighted by atomic mass is 32.2. The molecule has 0 bridgehead atoms. The minimum Gasteiger partial charge on any atom is -0.379 e. The van der Waals surface area contributed by atoms with Crippen LogP contribution in [0.4, 0.5) is 17.6 Å². The zero-order valence-corrected chi connectivity index (χ0v) is 21.9. The smallest absolute Gasteiger partial charge is 0.379 e. The number of amides is 2. The molecule has 0 radical (unpaired) electrons. The van der Waals surface area contributed by atoms with E-state index in [-0.39, 0.29) is 24.4 Å². The van der Waals surface area contributed by atoms with E-state index < -0.39 is 23.5 Å². The van der Waals surface area contributed by atoms with E-state index >= 15 is 0 Å². The van der Waals surface area contributed by atoms with Crippen molar-refractivity contribution in [1.82, 2.24) is 9.80 Å². The molecular formula is C26H25F4N3O3S2. The van der Waals surface area contributed by atoms with Crippen molar-refractivity contribution in [3.63, 3.8) is 0 Å². The van der Waals surface area contributed by atoms with Gasteiger partial charge in [-0.3, -0.25) is 19.4 Å². The van der Waals surface area contributed by atoms with Crippen molar-refractivity contribution in [1.29, 1.82) is 0 Å². The van der Waals surface area contributed by atoms with Crippen molar-refractivity contribution in [3.05, 3.63) is 64.3 Å². The maximum absolute atomic E-state index is 13.9. The molecule has 2 aromatic rings. The van der Waals surface area contributed by atoms with E-state index in [1.54, 1.807) is 24.3 Å². The second kappa shape index (κ2) is 11.9. The van der Waals surface area contributed by atoms with Crippen LogP contribution < -0.4 is 5.73 Å². The molecule has 2 saturated heterocycles. The third-order valence-electron chi connectivity index (χ3n) is 6.30. The van der Waals surface area contributed by atoms with Gasteiger partial charge in [-0.25, -0.2) is 4.39 Å². The molecule has 2 fully saturated rings. The zero-order valence-electron chi connectivity index (χ0n) is 20.2. The second-order valence-corrected chi connectivity index (χ2v) is 10.5. The van der Waals surface area contributed by atoms with Crippen LogP contribution in [0, 0.1) is 5.82 Å². The van der Waals surface area contributed by atoms with Gasteiger partial charge in [-0.2, -0.15) is 13.2 Å². The highest BCUT2D eigenvalue weighted by Gasteiger charge is 2.36. The first-order chi connectivity index (χ1) is 18.0. The van der Waals surface area contributed by atoms with Crippen LogP contribution >= 0.6 is 24.0 Å². The monoisotopic (exact) mass is 567 g/mol. The number of thioether (sulfide) groups is 1. The maximum atomic E-state index is 13.9. The molecule has 6 nitrogen and oxygen atoms in total. The average Bonchev–Trinajstić information content (AvgIpc) is 3.16. The van der Waals surface area contributed by atoms with Crippen LogP contribution in [0.1, 0.15) is 24.0 Å². The Labute approximate surface area is 226 Å². The van der Waals surface area contributed by atoms with Crippen LogP contribution in [-0.2, 0) is 20.5 Å². The molecular weight excluding hydrogens is 542 g/mol. The van der Waals surface area contributed by atoms with Gasteiger partial charge in [0.2, 0.25) is 5.91 Å². The van der Waals surface area contributed by atoms with Gasteiger partial charge in [-0.1, -0.05) is 48.2 Å². The van der Waals surface area contributed by atoms with Gasteiger partial charge in [0.25, 0.3) is 5.91 Å². The summed E-state index contributed by atoms with van der Waals surface area (Å²) in [5, 5.41) is 0. The number of hydrogen-bond acceptors (Lipinski definition) is 6. The highest BCUT2D eigenvalue weighted by molar-refractivity contribution is 8.26. The Hall–Kier alpha value is -2.80. The highest BCUT2D eigenvalue weighted by Crippen LogP contribution is 2.40. The molecule has 0 aliphatic carbocycles. The van der Waals surface area contributed by atoms with Crippen LogP contribution in [0.2, 0.25) is 0 Å². The largest absolute Gasteiger partial charge is 0.419 e. The molecule has 38 heavy (non-hydrogen) atoms. The quantitative estimate of drug-likeness (QED) is 0.284. The van der Waals surface area contributed by atoms with Gasteiger partial charge in [0.1, 0.15) is 10.1 Å². The average molecular weight is 568 g/mol. The maximum Gasteiger partial charge on any atom is 0.419 e. The summed E-state index contributed by atoms with van der Waals surface area (Å²) in [5.41, 5.74) is 5.88. The molecule has 2 aliphatic rings. The Morgan fingerprint density at radius 1 is 1.05 bits per heavy atom. The predicted octanol–water partition coefficient (Wildman–Crippen LogP) is 4.68. The first-order valence-corrected chi connectivity index (χ1v) is 13.1.